The van der Waals surface area contributed by atoms with Crippen molar-refractivity contribution in [1.82, 2.24) is 35.3 Å². The summed E-state index contributed by atoms with van der Waals surface area (Å²) in [5, 5.41) is 15.4. The van der Waals surface area contributed by atoms with Crippen molar-refractivity contribution in [3.8, 4) is 0 Å². The number of urea groups is 1. The summed E-state index contributed by atoms with van der Waals surface area (Å²) in [6.07, 6.45) is 2.59. The Kier molecular flexibility index (Phi) is 7.16. The summed E-state index contributed by atoms with van der Waals surface area (Å²) >= 11 is 0. The molecule has 3 rings (SSSR count). The molecule has 2 aromatic rings. The Morgan fingerprint density at radius 2 is 2.10 bits per heavy atom. The zero-order valence-corrected chi connectivity index (χ0v) is 17.5. The molecule has 2 amide bonds. The van der Waals surface area contributed by atoms with Gasteiger partial charge >= 0.3 is 6.03 Å². The highest BCUT2D eigenvalue weighted by Crippen LogP contribution is 2.34. The first-order valence-electron chi connectivity index (χ1n) is 10.1. The van der Waals surface area contributed by atoms with Gasteiger partial charge in [-0.1, -0.05) is 30.3 Å². The van der Waals surface area contributed by atoms with Crippen LogP contribution in [0.15, 0.2) is 30.3 Å². The molecule has 1 aliphatic heterocycles. The van der Waals surface area contributed by atoms with Gasteiger partial charge in [-0.2, -0.15) is 0 Å². The van der Waals surface area contributed by atoms with Crippen LogP contribution >= 0.6 is 0 Å². The van der Waals surface area contributed by atoms with Crippen LogP contribution < -0.4 is 5.32 Å². The molecule has 0 radical (unpaired) electrons. The maximum Gasteiger partial charge on any atom is 0.317 e. The Hall–Kier alpha value is -2.52. The van der Waals surface area contributed by atoms with Crippen LogP contribution in [0.1, 0.15) is 24.2 Å². The number of likely N-dealkylation sites (tertiary alicyclic amines) is 1. The van der Waals surface area contributed by atoms with E-state index in [1.54, 1.807) is 11.8 Å². The van der Waals surface area contributed by atoms with Crippen LogP contribution in [0.4, 0.5) is 4.79 Å². The van der Waals surface area contributed by atoms with E-state index in [-0.39, 0.29) is 6.03 Å². The Labute approximate surface area is 172 Å². The molecule has 1 saturated heterocycles. The number of hydrogen-bond acceptors (Lipinski definition) is 6. The van der Waals surface area contributed by atoms with Gasteiger partial charge in [0.15, 0.2) is 5.82 Å². The Morgan fingerprint density at radius 1 is 1.31 bits per heavy atom. The number of nitrogens with zero attached hydrogens (tertiary/aromatic N) is 6. The van der Waals surface area contributed by atoms with Crippen molar-refractivity contribution in [2.24, 2.45) is 0 Å². The lowest BCUT2D eigenvalue weighted by Crippen LogP contribution is -2.58. The predicted octanol–water partition coefficient (Wildman–Crippen LogP) is 1.12. The quantitative estimate of drug-likeness (QED) is 0.713. The van der Waals surface area contributed by atoms with Gasteiger partial charge < -0.3 is 15.0 Å². The number of amides is 2. The molecule has 1 N–H and O–H groups in total. The van der Waals surface area contributed by atoms with Gasteiger partial charge in [-0.3, -0.25) is 4.90 Å². The lowest BCUT2D eigenvalue weighted by atomic mass is 9.86. The van der Waals surface area contributed by atoms with Gasteiger partial charge in [0.05, 0.1) is 13.2 Å². The Bertz CT molecular complexity index is 780. The predicted molar refractivity (Wildman–Crippen MR) is 109 cm³/mol. The number of likely N-dealkylation sites (N-methyl/N-ethyl adjacent to an activating group) is 1. The van der Waals surface area contributed by atoms with E-state index >= 15 is 0 Å². The van der Waals surface area contributed by atoms with Crippen molar-refractivity contribution < 1.29 is 9.53 Å². The van der Waals surface area contributed by atoms with Gasteiger partial charge in [0.2, 0.25) is 0 Å². The monoisotopic (exact) mass is 401 g/mol. The molecule has 0 saturated carbocycles. The van der Waals surface area contributed by atoms with E-state index in [4.69, 9.17) is 4.74 Å². The van der Waals surface area contributed by atoms with E-state index < -0.39 is 5.54 Å². The van der Waals surface area contributed by atoms with Crippen LogP contribution in [-0.2, 0) is 23.2 Å². The number of piperidine rings is 1. The molecule has 9 heteroatoms. The minimum Gasteiger partial charge on any atom is -0.383 e. The van der Waals surface area contributed by atoms with Gasteiger partial charge in [-0.15, -0.1) is 5.10 Å². The van der Waals surface area contributed by atoms with E-state index in [9.17, 15) is 4.79 Å². The normalized spacial score (nSPS) is 19.5. The Morgan fingerprint density at radius 3 is 2.83 bits per heavy atom. The summed E-state index contributed by atoms with van der Waals surface area (Å²) in [7, 11) is 5.70. The fraction of sp³-hybridized carbons (Fsp3) is 0.600. The smallest absolute Gasteiger partial charge is 0.317 e. The van der Waals surface area contributed by atoms with E-state index in [2.05, 4.69) is 37.9 Å². The zero-order chi connectivity index (χ0) is 20.7. The van der Waals surface area contributed by atoms with Crippen molar-refractivity contribution in [2.45, 2.75) is 31.3 Å². The van der Waals surface area contributed by atoms with Crippen molar-refractivity contribution in [1.29, 1.82) is 0 Å². The molecule has 2 heterocycles. The van der Waals surface area contributed by atoms with Crippen LogP contribution in [0.2, 0.25) is 0 Å². The topological polar surface area (TPSA) is 88.4 Å². The highest BCUT2D eigenvalue weighted by Gasteiger charge is 2.44. The molecule has 1 aromatic carbocycles. The summed E-state index contributed by atoms with van der Waals surface area (Å²) < 4.78 is 6.98. The van der Waals surface area contributed by atoms with Crippen molar-refractivity contribution in [3.05, 3.63) is 41.7 Å². The van der Waals surface area contributed by atoms with Crippen molar-refractivity contribution >= 4 is 6.03 Å². The number of tetrazole rings is 1. The molecule has 0 spiro atoms. The number of hydrogen-bond donors (Lipinski definition) is 1. The first kappa shape index (κ1) is 21.2. The molecule has 1 aromatic heterocycles. The van der Waals surface area contributed by atoms with Gasteiger partial charge in [-0.05, 0) is 49.3 Å². The molecule has 29 heavy (non-hydrogen) atoms. The molecule has 1 fully saturated rings. The fourth-order valence-corrected chi connectivity index (χ4v) is 3.89. The lowest BCUT2D eigenvalue weighted by Gasteiger charge is -2.45. The van der Waals surface area contributed by atoms with Crippen LogP contribution in [0.3, 0.4) is 0 Å². The Balaban J connectivity index is 1.67. The SMILES string of the molecule is COCCn1nnnc1C1(N(C)C)CCCN(C(=O)NCCc2ccccc2)C1. The number of carbonyl (C=O) groups is 1. The number of benzene rings is 1. The first-order valence-corrected chi connectivity index (χ1v) is 10.1. The van der Waals surface area contributed by atoms with E-state index in [0.29, 0.717) is 26.2 Å². The number of nitrogens with one attached hydrogen (secondary N) is 1. The third kappa shape index (κ3) is 4.91. The van der Waals surface area contributed by atoms with E-state index in [0.717, 1.165) is 31.6 Å². The minimum absolute atomic E-state index is 0.0391. The van der Waals surface area contributed by atoms with Crippen LogP contribution in [0.5, 0.6) is 0 Å². The summed E-state index contributed by atoms with van der Waals surface area (Å²) in [5.41, 5.74) is 0.790. The molecule has 0 aliphatic carbocycles. The molecule has 1 atom stereocenters. The molecule has 1 unspecified atom stereocenters. The lowest BCUT2D eigenvalue weighted by molar-refractivity contribution is 0.0445. The third-order valence-corrected chi connectivity index (χ3v) is 5.60. The molecule has 0 bridgehead atoms. The fourth-order valence-electron chi connectivity index (χ4n) is 3.89. The molecule has 9 nitrogen and oxygen atoms in total. The molecular weight excluding hydrogens is 370 g/mol. The number of rotatable bonds is 8. The second-order valence-corrected chi connectivity index (χ2v) is 7.64. The van der Waals surface area contributed by atoms with Crippen LogP contribution in [0, 0.1) is 0 Å². The average Bonchev–Trinajstić information content (AvgIpc) is 3.22. The largest absolute Gasteiger partial charge is 0.383 e. The minimum atomic E-state index is -0.424. The highest BCUT2D eigenvalue weighted by molar-refractivity contribution is 5.74. The maximum absolute atomic E-state index is 12.8. The molecular formula is C20H31N7O2. The van der Waals surface area contributed by atoms with E-state index in [1.165, 1.54) is 5.56 Å². The second kappa shape index (κ2) is 9.80. The number of ether oxygens (including phenoxy) is 1. The van der Waals surface area contributed by atoms with Crippen molar-refractivity contribution in [3.63, 3.8) is 0 Å². The van der Waals surface area contributed by atoms with Gasteiger partial charge in [-0.25, -0.2) is 9.48 Å². The molecule has 158 valence electrons. The van der Waals surface area contributed by atoms with Gasteiger partial charge in [0.1, 0.15) is 5.54 Å². The van der Waals surface area contributed by atoms with Crippen LogP contribution in [-0.4, -0.2) is 83.5 Å². The molecule has 1 aliphatic rings. The summed E-state index contributed by atoms with van der Waals surface area (Å²) in [6.45, 7) is 3.00. The number of carbonyl (C=O) groups excluding carboxylic acids is 1. The highest BCUT2D eigenvalue weighted by atomic mass is 16.5. The number of methoxy groups -OCH3 is 1. The number of aromatic nitrogens is 4. The van der Waals surface area contributed by atoms with Crippen LogP contribution in [0.25, 0.3) is 0 Å². The van der Waals surface area contributed by atoms with Gasteiger partial charge in [0.25, 0.3) is 0 Å². The second-order valence-electron chi connectivity index (χ2n) is 7.64. The standard InChI is InChI=1S/C20H31N7O2/c1-25(2)20(18-22-23-24-27(18)14-15-29-3)11-7-13-26(16-20)19(28)21-12-10-17-8-5-4-6-9-17/h4-6,8-9H,7,10-16H2,1-3H3,(H,21,28). The van der Waals surface area contributed by atoms with E-state index in [1.807, 2.05) is 37.2 Å². The first-order chi connectivity index (χ1) is 14.1. The summed E-state index contributed by atoms with van der Waals surface area (Å²) in [5.74, 6) is 0.779. The zero-order valence-electron chi connectivity index (χ0n) is 17.5. The maximum atomic E-state index is 12.8. The third-order valence-electron chi connectivity index (χ3n) is 5.60. The average molecular weight is 402 g/mol. The summed E-state index contributed by atoms with van der Waals surface area (Å²) in [6, 6.07) is 10.1. The van der Waals surface area contributed by atoms with Crippen molar-refractivity contribution in [2.75, 3.05) is 47.4 Å². The summed E-state index contributed by atoms with van der Waals surface area (Å²) in [4.78, 5) is 16.9. The van der Waals surface area contributed by atoms with Gasteiger partial charge in [0, 0.05) is 26.7 Å².